The van der Waals surface area contributed by atoms with Crippen molar-refractivity contribution in [2.24, 2.45) is 11.7 Å². The zero-order valence-electron chi connectivity index (χ0n) is 15.5. The van der Waals surface area contributed by atoms with Gasteiger partial charge in [0.1, 0.15) is 5.60 Å². The van der Waals surface area contributed by atoms with Gasteiger partial charge in [-0.25, -0.2) is 4.79 Å². The highest BCUT2D eigenvalue weighted by atomic mass is 16.6. The van der Waals surface area contributed by atoms with Gasteiger partial charge in [-0.05, 0) is 46.0 Å². The van der Waals surface area contributed by atoms with Crippen molar-refractivity contribution >= 4 is 12.0 Å². The van der Waals surface area contributed by atoms with Gasteiger partial charge in [0.15, 0.2) is 0 Å². The molecular weight excluding hydrogens is 310 g/mol. The average molecular weight is 343 g/mol. The summed E-state index contributed by atoms with van der Waals surface area (Å²) in [6, 6.07) is -0.981. The predicted octanol–water partition coefficient (Wildman–Crippen LogP) is 1.24. The summed E-state index contributed by atoms with van der Waals surface area (Å²) >= 11 is 0. The van der Waals surface area contributed by atoms with Crippen LogP contribution in [0, 0.1) is 5.92 Å². The average Bonchev–Trinajstić information content (AvgIpc) is 2.58. The van der Waals surface area contributed by atoms with E-state index in [0.29, 0.717) is 31.7 Å². The zero-order valence-corrected chi connectivity index (χ0v) is 15.5. The maximum Gasteiger partial charge on any atom is 0.410 e. The number of hydrogen-bond acceptors (Lipinski definition) is 5. The number of rotatable bonds is 4. The zero-order chi connectivity index (χ0) is 18.5. The summed E-state index contributed by atoms with van der Waals surface area (Å²) in [4.78, 5) is 25.8. The van der Waals surface area contributed by atoms with Crippen molar-refractivity contribution < 1.29 is 19.4 Å². The SMILES string of the molecule is CC(C)C[C@H](N)C(=O)NC1CCCN(C(=O)OC(C)(C)C)CC1O. The first-order valence-corrected chi connectivity index (χ1v) is 8.71. The van der Waals surface area contributed by atoms with Crippen LogP contribution >= 0.6 is 0 Å². The van der Waals surface area contributed by atoms with E-state index in [4.69, 9.17) is 10.5 Å². The summed E-state index contributed by atoms with van der Waals surface area (Å²) in [7, 11) is 0. The van der Waals surface area contributed by atoms with Crippen LogP contribution in [-0.4, -0.2) is 58.9 Å². The van der Waals surface area contributed by atoms with E-state index in [-0.39, 0.29) is 12.5 Å². The summed E-state index contributed by atoms with van der Waals surface area (Å²) in [5, 5.41) is 13.2. The smallest absolute Gasteiger partial charge is 0.410 e. The third-order valence-corrected chi connectivity index (χ3v) is 3.86. The Morgan fingerprint density at radius 1 is 1.38 bits per heavy atom. The Balaban J connectivity index is 2.59. The molecule has 1 aliphatic heterocycles. The van der Waals surface area contributed by atoms with Crippen LogP contribution in [0.1, 0.15) is 53.9 Å². The van der Waals surface area contributed by atoms with Crippen molar-refractivity contribution in [3.63, 3.8) is 0 Å². The third kappa shape index (κ3) is 7.05. The van der Waals surface area contributed by atoms with E-state index in [1.807, 2.05) is 13.8 Å². The molecule has 0 aromatic rings. The first-order chi connectivity index (χ1) is 11.0. The molecule has 0 aromatic heterocycles. The van der Waals surface area contributed by atoms with Gasteiger partial charge in [0.25, 0.3) is 0 Å². The van der Waals surface area contributed by atoms with E-state index in [9.17, 15) is 14.7 Å². The van der Waals surface area contributed by atoms with Gasteiger partial charge in [0.2, 0.25) is 5.91 Å². The lowest BCUT2D eigenvalue weighted by Gasteiger charge is -2.28. The standard InChI is InChI=1S/C17H33N3O4/c1-11(2)9-12(18)15(22)19-13-7-6-8-20(10-14(13)21)16(23)24-17(3,4)5/h11-14,21H,6-10,18H2,1-5H3,(H,19,22)/t12-,13?,14?/m0/s1. The van der Waals surface area contributed by atoms with Crippen LogP contribution in [0.3, 0.4) is 0 Å². The molecule has 7 nitrogen and oxygen atoms in total. The molecule has 1 fully saturated rings. The van der Waals surface area contributed by atoms with Gasteiger partial charge >= 0.3 is 6.09 Å². The molecule has 2 amide bonds. The number of aliphatic hydroxyl groups excluding tert-OH is 1. The monoisotopic (exact) mass is 343 g/mol. The Morgan fingerprint density at radius 3 is 2.54 bits per heavy atom. The van der Waals surface area contributed by atoms with Gasteiger partial charge in [0, 0.05) is 6.54 Å². The fourth-order valence-corrected chi connectivity index (χ4v) is 2.70. The molecule has 1 aliphatic rings. The summed E-state index contributed by atoms with van der Waals surface area (Å²) < 4.78 is 5.35. The minimum atomic E-state index is -0.838. The lowest BCUT2D eigenvalue weighted by atomic mass is 10.0. The number of nitrogens with one attached hydrogen (secondary N) is 1. The number of amides is 2. The number of aliphatic hydroxyl groups is 1. The largest absolute Gasteiger partial charge is 0.444 e. The van der Waals surface area contributed by atoms with Crippen molar-refractivity contribution in [1.29, 1.82) is 0 Å². The molecule has 0 radical (unpaired) electrons. The summed E-state index contributed by atoms with van der Waals surface area (Å²) in [6.45, 7) is 10.1. The van der Waals surface area contributed by atoms with Crippen molar-refractivity contribution in [3.8, 4) is 0 Å². The van der Waals surface area contributed by atoms with Gasteiger partial charge in [0.05, 0.1) is 24.7 Å². The molecule has 2 unspecified atom stereocenters. The Labute approximate surface area is 144 Å². The van der Waals surface area contributed by atoms with Crippen molar-refractivity contribution in [1.82, 2.24) is 10.2 Å². The molecule has 0 aromatic carbocycles. The molecular formula is C17H33N3O4. The topological polar surface area (TPSA) is 105 Å². The fourth-order valence-electron chi connectivity index (χ4n) is 2.70. The molecule has 0 spiro atoms. The summed E-state index contributed by atoms with van der Waals surface area (Å²) in [5.74, 6) is 0.0749. The van der Waals surface area contributed by atoms with E-state index in [1.54, 1.807) is 20.8 Å². The van der Waals surface area contributed by atoms with E-state index in [0.717, 1.165) is 0 Å². The Hall–Kier alpha value is -1.34. The lowest BCUT2D eigenvalue weighted by Crippen LogP contribution is -2.52. The molecule has 1 rings (SSSR count). The lowest BCUT2D eigenvalue weighted by molar-refractivity contribution is -0.124. The van der Waals surface area contributed by atoms with E-state index >= 15 is 0 Å². The van der Waals surface area contributed by atoms with Gasteiger partial charge in [-0.3, -0.25) is 4.79 Å². The highest BCUT2D eigenvalue weighted by Gasteiger charge is 2.31. The van der Waals surface area contributed by atoms with Crippen molar-refractivity contribution in [2.75, 3.05) is 13.1 Å². The molecule has 0 saturated carbocycles. The first-order valence-electron chi connectivity index (χ1n) is 8.71. The summed E-state index contributed by atoms with van der Waals surface area (Å²) in [5.41, 5.74) is 5.31. The summed E-state index contributed by atoms with van der Waals surface area (Å²) in [6.07, 6.45) is 0.597. The molecule has 0 bridgehead atoms. The van der Waals surface area contributed by atoms with Gasteiger partial charge < -0.3 is 25.8 Å². The second-order valence-electron chi connectivity index (χ2n) is 7.99. The highest BCUT2D eigenvalue weighted by molar-refractivity contribution is 5.81. The molecule has 1 heterocycles. The highest BCUT2D eigenvalue weighted by Crippen LogP contribution is 2.16. The number of likely N-dealkylation sites (tertiary alicyclic amines) is 1. The minimum absolute atomic E-state index is 0.138. The quantitative estimate of drug-likeness (QED) is 0.712. The normalized spacial score (nSPS) is 23.6. The third-order valence-electron chi connectivity index (χ3n) is 3.86. The van der Waals surface area contributed by atoms with Crippen LogP contribution in [-0.2, 0) is 9.53 Å². The number of carbonyl (C=O) groups excluding carboxylic acids is 2. The van der Waals surface area contributed by atoms with Crippen LogP contribution in [0.15, 0.2) is 0 Å². The fraction of sp³-hybridized carbons (Fsp3) is 0.882. The van der Waals surface area contributed by atoms with Gasteiger partial charge in [-0.15, -0.1) is 0 Å². The van der Waals surface area contributed by atoms with Crippen LogP contribution < -0.4 is 11.1 Å². The predicted molar refractivity (Wildman–Crippen MR) is 92.4 cm³/mol. The second kappa shape index (κ2) is 8.67. The van der Waals surface area contributed by atoms with Crippen molar-refractivity contribution in [3.05, 3.63) is 0 Å². The number of β-amino-alcohol motifs (C(OH)–C–C–N with tert-alkyl or cyclic N) is 1. The van der Waals surface area contributed by atoms with E-state index < -0.39 is 29.9 Å². The maximum absolute atomic E-state index is 12.2. The van der Waals surface area contributed by atoms with Crippen molar-refractivity contribution in [2.45, 2.75) is 77.7 Å². The molecule has 1 saturated heterocycles. The number of carbonyl (C=O) groups is 2. The molecule has 24 heavy (non-hydrogen) atoms. The molecule has 0 aliphatic carbocycles. The number of nitrogens with two attached hydrogens (primary N) is 1. The first kappa shape index (κ1) is 20.7. The minimum Gasteiger partial charge on any atom is -0.444 e. The number of ether oxygens (including phenoxy) is 1. The maximum atomic E-state index is 12.2. The Morgan fingerprint density at radius 2 is 2.00 bits per heavy atom. The Bertz CT molecular complexity index is 434. The molecule has 7 heteroatoms. The molecule has 3 atom stereocenters. The second-order valence-corrected chi connectivity index (χ2v) is 7.99. The molecule has 140 valence electrons. The number of nitrogens with zero attached hydrogens (tertiary/aromatic N) is 1. The van der Waals surface area contributed by atoms with E-state index in [2.05, 4.69) is 5.32 Å². The number of hydrogen-bond donors (Lipinski definition) is 3. The van der Waals surface area contributed by atoms with Crippen LogP contribution in [0.2, 0.25) is 0 Å². The van der Waals surface area contributed by atoms with E-state index in [1.165, 1.54) is 4.90 Å². The van der Waals surface area contributed by atoms with Gasteiger partial charge in [-0.1, -0.05) is 13.8 Å². The van der Waals surface area contributed by atoms with Crippen LogP contribution in [0.4, 0.5) is 4.79 Å². The van der Waals surface area contributed by atoms with Gasteiger partial charge in [-0.2, -0.15) is 0 Å². The van der Waals surface area contributed by atoms with Crippen LogP contribution in [0.25, 0.3) is 0 Å². The Kier molecular flexibility index (Phi) is 7.48. The van der Waals surface area contributed by atoms with Crippen LogP contribution in [0.5, 0.6) is 0 Å². The molecule has 4 N–H and O–H groups in total.